The number of methoxy groups -OCH3 is 1. The van der Waals surface area contributed by atoms with Crippen LogP contribution in [-0.4, -0.2) is 137 Å². The third kappa shape index (κ3) is 5.70. The Morgan fingerprint density at radius 1 is 0.690 bits per heavy atom. The Morgan fingerprint density at radius 3 is 1.76 bits per heavy atom. The van der Waals surface area contributed by atoms with Crippen LogP contribution in [0.4, 0.5) is 0 Å². The van der Waals surface area contributed by atoms with E-state index >= 15 is 0 Å². The lowest BCUT2D eigenvalue weighted by molar-refractivity contribution is -0.0490. The molecule has 4 heterocycles. The Balaban J connectivity index is 1.07. The molecule has 4 saturated heterocycles. The fourth-order valence-electron chi connectivity index (χ4n) is 5.69. The molecule has 0 N–H and O–H groups in total. The van der Waals surface area contributed by atoms with E-state index in [4.69, 9.17) is 14.2 Å². The number of rotatable bonds is 13. The number of fused-ring (bicyclic) bond motifs is 2. The molecule has 0 aromatic heterocycles. The van der Waals surface area contributed by atoms with Crippen molar-refractivity contribution in [2.45, 2.75) is 25.4 Å². The van der Waals surface area contributed by atoms with Gasteiger partial charge in [-0.1, -0.05) is 0 Å². The highest BCUT2D eigenvalue weighted by atomic mass is 16.5. The predicted molar refractivity (Wildman–Crippen MR) is 114 cm³/mol. The molecule has 7 heteroatoms. The average Bonchev–Trinajstić information content (AvgIpc) is 3.56. The Hall–Kier alpha value is -0.280. The molecule has 0 radical (unpaired) electrons. The van der Waals surface area contributed by atoms with Crippen LogP contribution in [0.25, 0.3) is 0 Å². The van der Waals surface area contributed by atoms with Gasteiger partial charge < -0.3 is 14.2 Å². The maximum Gasteiger partial charge on any atom is 0.0594 e. The molecule has 2 bridgehead atoms. The van der Waals surface area contributed by atoms with Crippen molar-refractivity contribution in [3.05, 3.63) is 0 Å². The highest BCUT2D eigenvalue weighted by Gasteiger charge is 2.59. The summed E-state index contributed by atoms with van der Waals surface area (Å²) in [6.45, 7) is 17.9. The Labute approximate surface area is 177 Å². The summed E-state index contributed by atoms with van der Waals surface area (Å²) in [5, 5.41) is 0. The predicted octanol–water partition coefficient (Wildman–Crippen LogP) is 0.308. The van der Waals surface area contributed by atoms with Crippen molar-refractivity contribution < 1.29 is 14.2 Å². The molecular weight excluding hydrogens is 368 g/mol. The Bertz CT molecular complexity index is 489. The van der Waals surface area contributed by atoms with Crippen LogP contribution in [-0.2, 0) is 14.2 Å². The maximum absolute atomic E-state index is 6.04. The van der Waals surface area contributed by atoms with Crippen LogP contribution in [0.1, 0.15) is 13.3 Å². The number of nitrogens with zero attached hydrogens (tertiary/aromatic N) is 4. The Kier molecular flexibility index (Phi) is 8.20. The van der Waals surface area contributed by atoms with Gasteiger partial charge in [-0.3, -0.25) is 19.6 Å². The highest BCUT2D eigenvalue weighted by Crippen LogP contribution is 2.53. The van der Waals surface area contributed by atoms with Crippen LogP contribution in [0.3, 0.4) is 0 Å². The molecule has 0 aromatic rings. The molecule has 4 atom stereocenters. The SMILES string of the molecule is CCOCCN1CC2[C@@H]3CC3C1CN2CCOCCN1CCN(CCOC)CC1. The van der Waals surface area contributed by atoms with Gasteiger partial charge in [0.2, 0.25) is 0 Å². The fraction of sp³-hybridized carbons (Fsp3) is 1.00. The number of hydrogen-bond acceptors (Lipinski definition) is 7. The molecule has 0 spiro atoms. The fourth-order valence-corrected chi connectivity index (χ4v) is 5.69. The lowest BCUT2D eigenvalue weighted by Gasteiger charge is -2.51. The van der Waals surface area contributed by atoms with Gasteiger partial charge in [0.05, 0.1) is 26.4 Å². The van der Waals surface area contributed by atoms with Crippen LogP contribution in [0.5, 0.6) is 0 Å². The van der Waals surface area contributed by atoms with Crippen LogP contribution in [0.2, 0.25) is 0 Å². The molecule has 1 saturated carbocycles. The van der Waals surface area contributed by atoms with E-state index in [0.717, 1.165) is 109 Å². The summed E-state index contributed by atoms with van der Waals surface area (Å²) in [4.78, 5) is 10.5. The third-order valence-corrected chi connectivity index (χ3v) is 7.54. The van der Waals surface area contributed by atoms with Crippen molar-refractivity contribution in [1.82, 2.24) is 19.6 Å². The van der Waals surface area contributed by atoms with Crippen molar-refractivity contribution in [2.24, 2.45) is 11.8 Å². The van der Waals surface area contributed by atoms with E-state index in [1.54, 1.807) is 7.11 Å². The molecule has 5 aliphatic rings. The molecule has 5 fully saturated rings. The first-order valence-electron chi connectivity index (χ1n) is 11.9. The van der Waals surface area contributed by atoms with E-state index in [-0.39, 0.29) is 0 Å². The average molecular weight is 411 g/mol. The first-order valence-corrected chi connectivity index (χ1v) is 11.9. The second-order valence-corrected chi connectivity index (χ2v) is 9.17. The minimum absolute atomic E-state index is 0.760. The van der Waals surface area contributed by atoms with Crippen molar-refractivity contribution in [1.29, 1.82) is 0 Å². The normalized spacial score (nSPS) is 33.3. The molecule has 7 nitrogen and oxygen atoms in total. The van der Waals surface area contributed by atoms with Gasteiger partial charge in [-0.15, -0.1) is 0 Å². The van der Waals surface area contributed by atoms with Gasteiger partial charge in [0.25, 0.3) is 0 Å². The van der Waals surface area contributed by atoms with Gasteiger partial charge in [-0.05, 0) is 25.2 Å². The Morgan fingerprint density at radius 2 is 1.21 bits per heavy atom. The summed E-state index contributed by atoms with van der Waals surface area (Å²) in [7, 11) is 1.78. The van der Waals surface area contributed by atoms with E-state index in [9.17, 15) is 0 Å². The zero-order valence-electron chi connectivity index (χ0n) is 18.6. The number of piperidine rings is 2. The summed E-state index contributed by atoms with van der Waals surface area (Å²) in [6, 6.07) is 1.52. The summed E-state index contributed by atoms with van der Waals surface area (Å²) in [5.41, 5.74) is 0. The van der Waals surface area contributed by atoms with Gasteiger partial charge in [-0.2, -0.15) is 0 Å². The van der Waals surface area contributed by atoms with Gasteiger partial charge in [0.15, 0.2) is 0 Å². The van der Waals surface area contributed by atoms with E-state index in [1.807, 2.05) is 0 Å². The van der Waals surface area contributed by atoms with Gasteiger partial charge in [-0.25, -0.2) is 0 Å². The van der Waals surface area contributed by atoms with E-state index < -0.39 is 0 Å². The van der Waals surface area contributed by atoms with Crippen LogP contribution >= 0.6 is 0 Å². The maximum atomic E-state index is 6.04. The lowest BCUT2D eigenvalue weighted by Crippen LogP contribution is -2.64. The largest absolute Gasteiger partial charge is 0.383 e. The monoisotopic (exact) mass is 410 g/mol. The first kappa shape index (κ1) is 21.9. The molecule has 0 aromatic carbocycles. The van der Waals surface area contributed by atoms with Crippen LogP contribution in [0, 0.1) is 11.8 Å². The van der Waals surface area contributed by atoms with E-state index in [0.29, 0.717) is 0 Å². The summed E-state index contributed by atoms with van der Waals surface area (Å²) in [5.74, 6) is 1.93. The second kappa shape index (κ2) is 10.8. The lowest BCUT2D eigenvalue weighted by atomic mass is 9.91. The molecule has 168 valence electrons. The molecule has 4 aliphatic heterocycles. The molecular formula is C22H42N4O3. The zero-order chi connectivity index (χ0) is 20.1. The molecule has 0 amide bonds. The standard InChI is InChI=1S/C22H42N4O3/c1-3-28-14-10-25-17-22-20-16-19(20)21(25)18-26(22)11-15-29-13-9-24-6-4-23(5-7-24)8-12-27-2/h19-22H,3-18H2,1-2H3/t19?,20-,21?,22?/m1/s1. The van der Waals surface area contributed by atoms with Crippen LogP contribution in [0.15, 0.2) is 0 Å². The molecule has 1 aliphatic carbocycles. The van der Waals surface area contributed by atoms with Crippen LogP contribution < -0.4 is 0 Å². The molecule has 5 rings (SSSR count). The van der Waals surface area contributed by atoms with E-state index in [1.165, 1.54) is 19.5 Å². The van der Waals surface area contributed by atoms with Gasteiger partial charge in [0, 0.05) is 91.2 Å². The summed E-state index contributed by atoms with van der Waals surface area (Å²) < 4.78 is 16.8. The quantitative estimate of drug-likeness (QED) is 0.405. The number of piperazine rings is 2. The number of ether oxygens (including phenoxy) is 3. The first-order chi connectivity index (χ1) is 14.3. The van der Waals surface area contributed by atoms with Crippen molar-refractivity contribution >= 4 is 0 Å². The smallest absolute Gasteiger partial charge is 0.0594 e. The van der Waals surface area contributed by atoms with E-state index in [2.05, 4.69) is 26.5 Å². The topological polar surface area (TPSA) is 40.7 Å². The summed E-state index contributed by atoms with van der Waals surface area (Å²) in [6.07, 6.45) is 1.45. The molecule has 3 unspecified atom stereocenters. The molecule has 29 heavy (non-hydrogen) atoms. The highest BCUT2D eigenvalue weighted by molar-refractivity contribution is 5.12. The van der Waals surface area contributed by atoms with Crippen molar-refractivity contribution in [3.8, 4) is 0 Å². The minimum Gasteiger partial charge on any atom is -0.383 e. The van der Waals surface area contributed by atoms with Crippen molar-refractivity contribution in [2.75, 3.05) is 106 Å². The number of hydrogen-bond donors (Lipinski definition) is 0. The summed E-state index contributed by atoms with van der Waals surface area (Å²) >= 11 is 0. The second-order valence-electron chi connectivity index (χ2n) is 9.17. The van der Waals surface area contributed by atoms with Gasteiger partial charge in [0.1, 0.15) is 0 Å². The minimum atomic E-state index is 0.760. The third-order valence-electron chi connectivity index (χ3n) is 7.54. The van der Waals surface area contributed by atoms with Crippen molar-refractivity contribution in [3.63, 3.8) is 0 Å². The van der Waals surface area contributed by atoms with Gasteiger partial charge >= 0.3 is 0 Å². The zero-order valence-corrected chi connectivity index (χ0v) is 18.6.